The van der Waals surface area contributed by atoms with Gasteiger partial charge in [0, 0.05) is 31.1 Å². The Bertz CT molecular complexity index is 395. The fourth-order valence-electron chi connectivity index (χ4n) is 1.93. The van der Waals surface area contributed by atoms with Crippen molar-refractivity contribution in [3.63, 3.8) is 0 Å². The third kappa shape index (κ3) is 3.19. The van der Waals surface area contributed by atoms with E-state index in [2.05, 4.69) is 15.0 Å². The van der Waals surface area contributed by atoms with E-state index in [1.165, 1.54) is 6.33 Å². The average molecular weight is 256 g/mol. The molecular formula is C10H16N4O2S. The number of carboxylic acids is 1. The number of thioether (sulfide) groups is 1. The summed E-state index contributed by atoms with van der Waals surface area (Å²) in [5.74, 6) is 2.07. The van der Waals surface area contributed by atoms with Crippen molar-refractivity contribution in [2.45, 2.75) is 19.0 Å². The summed E-state index contributed by atoms with van der Waals surface area (Å²) in [5, 5.41) is 12.9. The second-order valence-corrected chi connectivity index (χ2v) is 5.25. The molecule has 1 fully saturated rings. The number of carbonyl (C=O) groups is 1. The van der Waals surface area contributed by atoms with Crippen LogP contribution in [0.3, 0.4) is 0 Å². The summed E-state index contributed by atoms with van der Waals surface area (Å²) in [5.41, 5.74) is 0. The summed E-state index contributed by atoms with van der Waals surface area (Å²) in [4.78, 5) is 17.2. The van der Waals surface area contributed by atoms with Crippen LogP contribution >= 0.6 is 11.8 Å². The molecule has 6 nitrogen and oxygen atoms in total. The number of aromatic nitrogens is 3. The molecular weight excluding hydrogens is 240 g/mol. The minimum atomic E-state index is -0.736. The molecule has 1 aliphatic rings. The van der Waals surface area contributed by atoms with Gasteiger partial charge in [0.05, 0.1) is 13.0 Å². The van der Waals surface area contributed by atoms with Gasteiger partial charge in [0.1, 0.15) is 12.2 Å². The van der Waals surface area contributed by atoms with Crippen molar-refractivity contribution in [3.05, 3.63) is 12.2 Å². The van der Waals surface area contributed by atoms with Crippen molar-refractivity contribution in [2.24, 2.45) is 7.05 Å². The predicted octanol–water partition coefficient (Wildman–Crippen LogP) is 0.207. The van der Waals surface area contributed by atoms with Crippen molar-refractivity contribution in [2.75, 3.05) is 18.1 Å². The normalized spacial score (nSPS) is 21.6. The van der Waals surface area contributed by atoms with Crippen LogP contribution < -0.4 is 0 Å². The molecule has 17 heavy (non-hydrogen) atoms. The van der Waals surface area contributed by atoms with E-state index in [-0.39, 0.29) is 12.5 Å². The van der Waals surface area contributed by atoms with Crippen molar-refractivity contribution in [1.29, 1.82) is 0 Å². The lowest BCUT2D eigenvalue weighted by Crippen LogP contribution is -2.43. The standard InChI is InChI=1S/C10H16N4O2S/c1-13-9(11-7-12-13)5-14-2-3-17-6-8(14)4-10(15)16/h7-8H,2-6H2,1H3,(H,15,16). The van der Waals surface area contributed by atoms with Crippen molar-refractivity contribution >= 4 is 17.7 Å². The maximum atomic E-state index is 10.8. The highest BCUT2D eigenvalue weighted by molar-refractivity contribution is 7.99. The Morgan fingerprint density at radius 3 is 3.18 bits per heavy atom. The molecule has 7 heteroatoms. The lowest BCUT2D eigenvalue weighted by atomic mass is 10.2. The van der Waals surface area contributed by atoms with E-state index in [9.17, 15) is 4.79 Å². The Morgan fingerprint density at radius 2 is 2.53 bits per heavy atom. The molecule has 1 N–H and O–H groups in total. The van der Waals surface area contributed by atoms with E-state index in [1.807, 2.05) is 18.8 Å². The molecule has 1 saturated heterocycles. The van der Waals surface area contributed by atoms with Crippen molar-refractivity contribution in [1.82, 2.24) is 19.7 Å². The minimum Gasteiger partial charge on any atom is -0.481 e. The first kappa shape index (κ1) is 12.4. The molecule has 1 aliphatic heterocycles. The quantitative estimate of drug-likeness (QED) is 0.830. The van der Waals surface area contributed by atoms with Crippen LogP contribution in [0.5, 0.6) is 0 Å². The second kappa shape index (κ2) is 5.50. The molecule has 0 aliphatic carbocycles. The summed E-state index contributed by atoms with van der Waals surface area (Å²) in [6.45, 7) is 1.59. The summed E-state index contributed by atoms with van der Waals surface area (Å²) in [6, 6.07) is 0.1000. The maximum absolute atomic E-state index is 10.8. The van der Waals surface area contributed by atoms with Crippen molar-refractivity contribution < 1.29 is 9.90 Å². The SMILES string of the molecule is Cn1ncnc1CN1CCSCC1CC(=O)O. The molecule has 0 aromatic carbocycles. The number of hydrogen-bond donors (Lipinski definition) is 1. The Labute approximate surface area is 104 Å². The Morgan fingerprint density at radius 1 is 1.71 bits per heavy atom. The summed E-state index contributed by atoms with van der Waals surface area (Å²) >= 11 is 1.82. The van der Waals surface area contributed by atoms with Crippen molar-refractivity contribution in [3.8, 4) is 0 Å². The molecule has 0 saturated carbocycles. The van der Waals surface area contributed by atoms with Gasteiger partial charge in [0.15, 0.2) is 0 Å². The third-order valence-corrected chi connectivity index (χ3v) is 4.00. The molecule has 1 unspecified atom stereocenters. The van der Waals surface area contributed by atoms with Gasteiger partial charge in [-0.1, -0.05) is 0 Å². The number of nitrogens with zero attached hydrogens (tertiary/aromatic N) is 4. The molecule has 1 aromatic heterocycles. The zero-order chi connectivity index (χ0) is 12.3. The molecule has 94 valence electrons. The number of aryl methyl sites for hydroxylation is 1. The third-order valence-electron chi connectivity index (χ3n) is 2.91. The van der Waals surface area contributed by atoms with E-state index in [0.717, 1.165) is 23.9 Å². The smallest absolute Gasteiger partial charge is 0.304 e. The Hall–Kier alpha value is -1.08. The van der Waals surface area contributed by atoms with Crippen LogP contribution in [-0.4, -0.2) is 54.8 Å². The minimum absolute atomic E-state index is 0.1000. The number of carboxylic acid groups (broad SMARTS) is 1. The van der Waals surface area contributed by atoms with Gasteiger partial charge in [0.25, 0.3) is 0 Å². The van der Waals surface area contributed by atoms with Gasteiger partial charge in [-0.25, -0.2) is 4.98 Å². The second-order valence-electron chi connectivity index (χ2n) is 4.10. The average Bonchev–Trinajstić information content (AvgIpc) is 2.67. The molecule has 0 amide bonds. The van der Waals surface area contributed by atoms with Gasteiger partial charge >= 0.3 is 5.97 Å². The fraction of sp³-hybridized carbons (Fsp3) is 0.700. The highest BCUT2D eigenvalue weighted by Crippen LogP contribution is 2.20. The summed E-state index contributed by atoms with van der Waals surface area (Å²) < 4.78 is 1.74. The summed E-state index contributed by atoms with van der Waals surface area (Å²) in [7, 11) is 1.85. The van der Waals surface area contributed by atoms with Gasteiger partial charge in [-0.3, -0.25) is 14.4 Å². The van der Waals surface area contributed by atoms with Gasteiger partial charge < -0.3 is 5.11 Å². The topological polar surface area (TPSA) is 71.2 Å². The Kier molecular flexibility index (Phi) is 4.01. The van der Waals surface area contributed by atoms with Gasteiger partial charge in [0.2, 0.25) is 0 Å². The highest BCUT2D eigenvalue weighted by Gasteiger charge is 2.25. The molecule has 2 heterocycles. The van der Waals surface area contributed by atoms with E-state index in [0.29, 0.717) is 6.54 Å². The molecule has 0 radical (unpaired) electrons. The molecule has 0 spiro atoms. The largest absolute Gasteiger partial charge is 0.481 e. The van der Waals surface area contributed by atoms with Crippen LogP contribution in [-0.2, 0) is 18.4 Å². The van der Waals surface area contributed by atoms with Gasteiger partial charge in [-0.2, -0.15) is 16.9 Å². The molecule has 1 atom stereocenters. The summed E-state index contributed by atoms with van der Waals surface area (Å²) in [6.07, 6.45) is 1.73. The Balaban J connectivity index is 2.01. The monoisotopic (exact) mass is 256 g/mol. The highest BCUT2D eigenvalue weighted by atomic mass is 32.2. The number of aliphatic carboxylic acids is 1. The van der Waals surface area contributed by atoms with Crippen LogP contribution in [0.15, 0.2) is 6.33 Å². The zero-order valence-corrected chi connectivity index (χ0v) is 10.6. The van der Waals surface area contributed by atoms with Gasteiger partial charge in [-0.15, -0.1) is 0 Å². The van der Waals surface area contributed by atoms with E-state index in [1.54, 1.807) is 4.68 Å². The van der Waals surface area contributed by atoms with E-state index in [4.69, 9.17) is 5.11 Å². The van der Waals surface area contributed by atoms with Crippen LogP contribution in [0.25, 0.3) is 0 Å². The maximum Gasteiger partial charge on any atom is 0.304 e. The van der Waals surface area contributed by atoms with E-state index < -0.39 is 5.97 Å². The molecule has 0 bridgehead atoms. The first-order chi connectivity index (χ1) is 8.16. The van der Waals surface area contributed by atoms with Crippen LogP contribution in [0, 0.1) is 0 Å². The number of rotatable bonds is 4. The lowest BCUT2D eigenvalue weighted by Gasteiger charge is -2.33. The zero-order valence-electron chi connectivity index (χ0n) is 9.74. The van der Waals surface area contributed by atoms with Crippen LogP contribution in [0.2, 0.25) is 0 Å². The molecule has 2 rings (SSSR count). The first-order valence-corrected chi connectivity index (χ1v) is 6.68. The fourth-order valence-corrected chi connectivity index (χ4v) is 3.06. The first-order valence-electron chi connectivity index (χ1n) is 5.53. The van der Waals surface area contributed by atoms with E-state index >= 15 is 0 Å². The van der Waals surface area contributed by atoms with Crippen LogP contribution in [0.4, 0.5) is 0 Å². The van der Waals surface area contributed by atoms with Gasteiger partial charge in [-0.05, 0) is 0 Å². The number of hydrogen-bond acceptors (Lipinski definition) is 5. The lowest BCUT2D eigenvalue weighted by molar-refractivity contribution is -0.138. The predicted molar refractivity (Wildman–Crippen MR) is 64.8 cm³/mol. The van der Waals surface area contributed by atoms with Crippen LogP contribution in [0.1, 0.15) is 12.2 Å². The molecule has 1 aromatic rings.